The molecule has 1 fully saturated rings. The van der Waals surface area contributed by atoms with E-state index in [1.54, 1.807) is 0 Å². The molecule has 3 aromatic rings. The van der Waals surface area contributed by atoms with Crippen molar-refractivity contribution in [2.45, 2.75) is 76.4 Å². The summed E-state index contributed by atoms with van der Waals surface area (Å²) in [5.74, 6) is 1.28. The molecule has 6 nitrogen and oxygen atoms in total. The molecule has 1 aliphatic rings. The smallest absolute Gasteiger partial charge is 0.237 e. The molecule has 35 heavy (non-hydrogen) atoms. The third-order valence-corrected chi connectivity index (χ3v) is 7.70. The van der Waals surface area contributed by atoms with Crippen molar-refractivity contribution in [2.75, 3.05) is 18.4 Å². The maximum atomic E-state index is 13.2. The van der Waals surface area contributed by atoms with E-state index in [0.29, 0.717) is 12.5 Å². The van der Waals surface area contributed by atoms with E-state index in [0.717, 1.165) is 47.4 Å². The molecule has 0 saturated carbocycles. The molecule has 0 unspecified atom stereocenters. The Kier molecular flexibility index (Phi) is 8.63. The number of carbonyl (C=O) groups excluding carboxylic acids is 1. The predicted octanol–water partition coefficient (Wildman–Crippen LogP) is 5.86. The van der Waals surface area contributed by atoms with Crippen LogP contribution in [0.3, 0.4) is 0 Å². The minimum atomic E-state index is -0.309. The third-order valence-electron chi connectivity index (χ3n) is 6.62. The lowest BCUT2D eigenvalue weighted by atomic mass is 9.98. The topological polar surface area (TPSA) is 63.1 Å². The first-order valence-corrected chi connectivity index (χ1v) is 13.6. The van der Waals surface area contributed by atoms with Crippen LogP contribution in [0.25, 0.3) is 0 Å². The summed E-state index contributed by atoms with van der Waals surface area (Å²) in [6.07, 6.45) is 3.78. The van der Waals surface area contributed by atoms with E-state index in [1.807, 2.05) is 26.0 Å². The number of para-hydroxylation sites is 1. The van der Waals surface area contributed by atoms with Crippen LogP contribution in [-0.2, 0) is 17.9 Å². The maximum absolute atomic E-state index is 13.2. The first-order valence-electron chi connectivity index (χ1n) is 12.7. The zero-order chi connectivity index (χ0) is 24.8. The number of hydrogen-bond donors (Lipinski definition) is 1. The molecule has 1 amide bonds. The van der Waals surface area contributed by atoms with Gasteiger partial charge in [0.05, 0.1) is 18.3 Å². The molecule has 4 rings (SSSR count). The number of carbonyl (C=O) groups is 1. The van der Waals surface area contributed by atoms with Gasteiger partial charge in [0.2, 0.25) is 5.91 Å². The average Bonchev–Trinajstić information content (AvgIpc) is 3.21. The van der Waals surface area contributed by atoms with Crippen LogP contribution in [0.4, 0.5) is 5.69 Å². The molecule has 1 aromatic heterocycles. The average molecular weight is 492 g/mol. The van der Waals surface area contributed by atoms with E-state index < -0.39 is 0 Å². The van der Waals surface area contributed by atoms with Crippen molar-refractivity contribution in [2.24, 2.45) is 0 Å². The van der Waals surface area contributed by atoms with Crippen LogP contribution in [0.5, 0.6) is 0 Å². The molecule has 2 heterocycles. The number of thioether (sulfide) groups is 1. The highest BCUT2D eigenvalue weighted by atomic mass is 32.2. The van der Waals surface area contributed by atoms with Crippen LogP contribution < -0.4 is 5.32 Å². The van der Waals surface area contributed by atoms with E-state index in [2.05, 4.69) is 75.2 Å². The van der Waals surface area contributed by atoms with E-state index in [1.165, 1.54) is 36.6 Å². The zero-order valence-electron chi connectivity index (χ0n) is 21.3. The van der Waals surface area contributed by atoms with Gasteiger partial charge >= 0.3 is 0 Å². The van der Waals surface area contributed by atoms with Crippen molar-refractivity contribution in [3.05, 3.63) is 71.0 Å². The number of likely N-dealkylation sites (tertiary alicyclic amines) is 1. The van der Waals surface area contributed by atoms with Gasteiger partial charge in [0, 0.05) is 5.69 Å². The molecule has 0 spiro atoms. The van der Waals surface area contributed by atoms with Crippen LogP contribution in [0, 0.1) is 6.92 Å². The van der Waals surface area contributed by atoms with Crippen LogP contribution in [-0.4, -0.2) is 43.9 Å². The fourth-order valence-electron chi connectivity index (χ4n) is 4.54. The van der Waals surface area contributed by atoms with Crippen LogP contribution in [0.2, 0.25) is 0 Å². The Morgan fingerprint density at radius 2 is 1.71 bits per heavy atom. The number of benzene rings is 2. The zero-order valence-corrected chi connectivity index (χ0v) is 22.1. The fourth-order valence-corrected chi connectivity index (χ4v) is 5.41. The third kappa shape index (κ3) is 6.53. The van der Waals surface area contributed by atoms with Gasteiger partial charge in [-0.3, -0.25) is 9.69 Å². The van der Waals surface area contributed by atoms with Gasteiger partial charge in [0.1, 0.15) is 5.82 Å². The van der Waals surface area contributed by atoms with E-state index >= 15 is 0 Å². The standard InChI is InChI=1S/C28H37N5OS/c1-20(2)24-15-11-12-21(3)26(24)29-27(34)22(4)35-28-31-30-25(19-32-16-9-6-10-17-32)33(28)18-23-13-7-5-8-14-23/h5,7-8,11-15,20,22H,6,9-10,16-19H2,1-4H3,(H,29,34)/t22-/m0/s1. The van der Waals surface area contributed by atoms with Gasteiger partial charge in [-0.05, 0) is 62.4 Å². The number of piperidine rings is 1. The number of hydrogen-bond acceptors (Lipinski definition) is 5. The second-order valence-corrected chi connectivity index (χ2v) is 11.1. The Hall–Kier alpha value is -2.64. The summed E-state index contributed by atoms with van der Waals surface area (Å²) in [6.45, 7) is 12.0. The summed E-state index contributed by atoms with van der Waals surface area (Å²) in [7, 11) is 0. The lowest BCUT2D eigenvalue weighted by Crippen LogP contribution is -2.30. The molecule has 1 N–H and O–H groups in total. The molecule has 1 atom stereocenters. The summed E-state index contributed by atoms with van der Waals surface area (Å²) in [6, 6.07) is 16.6. The molecular weight excluding hydrogens is 454 g/mol. The van der Waals surface area contributed by atoms with Crippen molar-refractivity contribution in [1.82, 2.24) is 19.7 Å². The Bertz CT molecular complexity index is 1120. The molecule has 1 aliphatic heterocycles. The van der Waals surface area contributed by atoms with Gasteiger partial charge in [-0.1, -0.05) is 80.6 Å². The van der Waals surface area contributed by atoms with Crippen molar-refractivity contribution >= 4 is 23.4 Å². The highest BCUT2D eigenvalue weighted by Gasteiger charge is 2.23. The normalized spacial score (nSPS) is 15.3. The number of amides is 1. The molecule has 186 valence electrons. The van der Waals surface area contributed by atoms with Gasteiger partial charge in [-0.25, -0.2) is 0 Å². The van der Waals surface area contributed by atoms with Crippen LogP contribution in [0.1, 0.15) is 68.5 Å². The summed E-state index contributed by atoms with van der Waals surface area (Å²) in [5, 5.41) is 12.8. The summed E-state index contributed by atoms with van der Waals surface area (Å²) in [4.78, 5) is 15.7. The Morgan fingerprint density at radius 3 is 2.43 bits per heavy atom. The number of nitrogens with zero attached hydrogens (tertiary/aromatic N) is 4. The van der Waals surface area contributed by atoms with Crippen molar-refractivity contribution in [3.63, 3.8) is 0 Å². The summed E-state index contributed by atoms with van der Waals surface area (Å²) in [5.41, 5.74) is 4.37. The molecule has 0 aliphatic carbocycles. The molecule has 0 bridgehead atoms. The van der Waals surface area contributed by atoms with E-state index in [-0.39, 0.29) is 11.2 Å². The Morgan fingerprint density at radius 1 is 0.971 bits per heavy atom. The molecular formula is C28H37N5OS. The second-order valence-electron chi connectivity index (χ2n) is 9.75. The SMILES string of the molecule is Cc1cccc(C(C)C)c1NC(=O)[C@H](C)Sc1nnc(CN2CCCCC2)n1Cc1ccccc1. The highest BCUT2D eigenvalue weighted by Crippen LogP contribution is 2.30. The van der Waals surface area contributed by atoms with Crippen molar-refractivity contribution in [1.29, 1.82) is 0 Å². The number of rotatable bonds is 9. The van der Waals surface area contributed by atoms with Gasteiger partial charge in [-0.2, -0.15) is 0 Å². The van der Waals surface area contributed by atoms with Crippen LogP contribution >= 0.6 is 11.8 Å². The minimum absolute atomic E-state index is 0.0157. The lowest BCUT2D eigenvalue weighted by molar-refractivity contribution is -0.115. The number of aromatic nitrogens is 3. The van der Waals surface area contributed by atoms with Gasteiger partial charge in [0.25, 0.3) is 0 Å². The van der Waals surface area contributed by atoms with Crippen molar-refractivity contribution < 1.29 is 4.79 Å². The van der Waals surface area contributed by atoms with Crippen LogP contribution in [0.15, 0.2) is 53.7 Å². The number of aryl methyl sites for hydroxylation is 1. The lowest BCUT2D eigenvalue weighted by Gasteiger charge is -2.26. The molecule has 0 radical (unpaired) electrons. The largest absolute Gasteiger partial charge is 0.325 e. The quantitative estimate of drug-likeness (QED) is 0.380. The fraction of sp³-hybridized carbons (Fsp3) is 0.464. The maximum Gasteiger partial charge on any atom is 0.237 e. The summed E-state index contributed by atoms with van der Waals surface area (Å²) < 4.78 is 2.19. The molecule has 1 saturated heterocycles. The van der Waals surface area contributed by atoms with Crippen molar-refractivity contribution in [3.8, 4) is 0 Å². The van der Waals surface area contributed by atoms with Gasteiger partial charge in [0.15, 0.2) is 5.16 Å². The highest BCUT2D eigenvalue weighted by molar-refractivity contribution is 8.00. The van der Waals surface area contributed by atoms with Gasteiger partial charge in [-0.15, -0.1) is 10.2 Å². The monoisotopic (exact) mass is 491 g/mol. The van der Waals surface area contributed by atoms with Gasteiger partial charge < -0.3 is 9.88 Å². The molecule has 2 aromatic carbocycles. The predicted molar refractivity (Wildman–Crippen MR) is 144 cm³/mol. The Labute approximate surface area is 213 Å². The number of anilines is 1. The second kappa shape index (κ2) is 11.9. The number of nitrogens with one attached hydrogen (secondary N) is 1. The first kappa shape index (κ1) is 25.5. The Balaban J connectivity index is 1.53. The molecule has 7 heteroatoms. The van der Waals surface area contributed by atoms with E-state index in [4.69, 9.17) is 0 Å². The minimum Gasteiger partial charge on any atom is -0.325 e. The van der Waals surface area contributed by atoms with E-state index in [9.17, 15) is 4.79 Å². The summed E-state index contributed by atoms with van der Waals surface area (Å²) >= 11 is 1.48. The first-order chi connectivity index (χ1) is 16.9.